The van der Waals surface area contributed by atoms with Gasteiger partial charge in [0.05, 0.1) is 24.6 Å². The van der Waals surface area contributed by atoms with Crippen LogP contribution in [0.4, 0.5) is 0 Å². The highest BCUT2D eigenvalue weighted by Gasteiger charge is 2.58. The highest BCUT2D eigenvalue weighted by molar-refractivity contribution is 5.93. The predicted octanol–water partition coefficient (Wildman–Crippen LogP) is 3.49. The Morgan fingerprint density at radius 1 is 0.780 bits per heavy atom. The van der Waals surface area contributed by atoms with Crippen LogP contribution in [0.15, 0.2) is 91.0 Å². The third kappa shape index (κ3) is 6.24. The van der Waals surface area contributed by atoms with Crippen LogP contribution in [-0.4, -0.2) is 113 Å². The van der Waals surface area contributed by atoms with Gasteiger partial charge in [0.1, 0.15) is 37.4 Å². The summed E-state index contributed by atoms with van der Waals surface area (Å²) in [5, 5.41) is 14.1. The molecular weight excluding hydrogens is 628 g/mol. The van der Waals surface area contributed by atoms with Gasteiger partial charge in [-0.15, -0.1) is 0 Å². The molecule has 5 aliphatic heterocycles. The van der Waals surface area contributed by atoms with Crippen LogP contribution in [0.5, 0.6) is 0 Å². The molecule has 1 spiro atoms. The number of quaternary nitrogens is 1. The Balaban J connectivity index is 0.996. The minimum Gasteiger partial charge on any atom is -0.391 e. The third-order valence-electron chi connectivity index (χ3n) is 12.2. The van der Waals surface area contributed by atoms with Crippen molar-refractivity contribution in [1.82, 2.24) is 15.1 Å². The maximum Gasteiger partial charge on any atom is 0.246 e. The van der Waals surface area contributed by atoms with Gasteiger partial charge in [-0.25, -0.2) is 0 Å². The Labute approximate surface area is 294 Å². The molecule has 3 amide bonds. The molecule has 0 aliphatic carbocycles. The number of carbonyl (C=O) groups is 3. The van der Waals surface area contributed by atoms with Crippen LogP contribution in [0.2, 0.25) is 0 Å². The highest BCUT2D eigenvalue weighted by atomic mass is 16.6. The number of nitrogens with zero attached hydrogens (tertiary/aromatic N) is 3. The summed E-state index contributed by atoms with van der Waals surface area (Å²) in [7, 11) is 0. The van der Waals surface area contributed by atoms with Gasteiger partial charge in [0.25, 0.3) is 0 Å². The van der Waals surface area contributed by atoms with E-state index in [-0.39, 0.29) is 37.1 Å². The van der Waals surface area contributed by atoms with Crippen molar-refractivity contribution in [3.63, 3.8) is 0 Å². The third-order valence-corrected chi connectivity index (χ3v) is 12.2. The molecule has 5 saturated heterocycles. The van der Waals surface area contributed by atoms with Crippen LogP contribution in [0.3, 0.4) is 0 Å². The van der Waals surface area contributed by atoms with E-state index in [0.717, 1.165) is 53.6 Å². The normalized spacial score (nSPS) is 30.3. The number of hydrogen-bond acceptors (Lipinski definition) is 5. The van der Waals surface area contributed by atoms with Crippen molar-refractivity contribution in [1.29, 1.82) is 0 Å². The minimum atomic E-state index is -0.822. The van der Waals surface area contributed by atoms with E-state index in [1.54, 1.807) is 9.80 Å². The number of carbonyl (C=O) groups excluding carboxylic acids is 3. The van der Waals surface area contributed by atoms with Crippen LogP contribution < -0.4 is 5.32 Å². The van der Waals surface area contributed by atoms with Crippen LogP contribution in [0, 0.1) is 5.92 Å². The summed E-state index contributed by atoms with van der Waals surface area (Å²) in [5.41, 5.74) is 2.11. The first kappa shape index (κ1) is 33.1. The first-order chi connectivity index (χ1) is 24.3. The summed E-state index contributed by atoms with van der Waals surface area (Å²) in [6, 6.07) is 28.8. The first-order valence-corrected chi connectivity index (χ1v) is 18.6. The zero-order valence-corrected chi connectivity index (χ0v) is 28.7. The molecule has 2 unspecified atom stereocenters. The van der Waals surface area contributed by atoms with E-state index in [1.165, 1.54) is 13.0 Å². The van der Waals surface area contributed by atoms with E-state index in [4.69, 9.17) is 4.74 Å². The number of ether oxygens (including phenoxy) is 1. The molecule has 5 fully saturated rings. The smallest absolute Gasteiger partial charge is 0.246 e. The van der Waals surface area contributed by atoms with Crippen LogP contribution in [0.1, 0.15) is 55.2 Å². The summed E-state index contributed by atoms with van der Waals surface area (Å²) in [6.45, 7) is 5.68. The summed E-state index contributed by atoms with van der Waals surface area (Å²) in [4.78, 5) is 45.9. The fourth-order valence-corrected chi connectivity index (χ4v) is 9.77. The van der Waals surface area contributed by atoms with Crippen LogP contribution in [-0.2, 0) is 24.5 Å². The Kier molecular flexibility index (Phi) is 9.00. The number of aliphatic hydroxyl groups excluding tert-OH is 1. The van der Waals surface area contributed by atoms with Crippen molar-refractivity contribution < 1.29 is 28.7 Å². The first-order valence-electron chi connectivity index (χ1n) is 18.6. The Morgan fingerprint density at radius 3 is 1.98 bits per heavy atom. The van der Waals surface area contributed by atoms with E-state index in [9.17, 15) is 19.5 Å². The van der Waals surface area contributed by atoms with Crippen molar-refractivity contribution in [2.45, 2.75) is 74.3 Å². The second kappa shape index (κ2) is 13.6. The number of benzene rings is 3. The molecule has 5 aliphatic rings. The number of β-amino-alcohol motifs (C(OH)–C–C–N with tert-alkyl or cyclic N) is 1. The second-order valence-corrected chi connectivity index (χ2v) is 15.4. The zero-order chi connectivity index (χ0) is 34.3. The quantitative estimate of drug-likeness (QED) is 0.205. The standard InChI is InChI=1S/C41H48N4O5/c46-33-22-35(40(49)43-20-10-19-34(43)39(48)42-24-29-12-11-21-45(26-29)27-36-37(28-45)50-36)44(25-33)38(47)23-41(30-13-4-1-5-14-30,31-15-6-2-7-16-31)32-17-8-3-9-18-32/h1-9,13-18,29,33-37,46H,10-12,19-28H2/p+1/t29-,33-,34-,35+,36?,37?,45?/m1/s1. The van der Waals surface area contributed by atoms with Crippen molar-refractivity contribution in [2.24, 2.45) is 5.92 Å². The average molecular weight is 678 g/mol. The van der Waals surface area contributed by atoms with Gasteiger partial charge in [-0.3, -0.25) is 14.4 Å². The number of likely N-dealkylation sites (tertiary alicyclic amines) is 2. The number of morpholine rings is 1. The van der Waals surface area contributed by atoms with Gasteiger partial charge in [0, 0.05) is 38.4 Å². The molecule has 2 N–H and O–H groups in total. The summed E-state index contributed by atoms with van der Waals surface area (Å²) in [6.07, 6.45) is 3.93. The molecule has 3 aromatic carbocycles. The molecule has 0 bridgehead atoms. The number of epoxide rings is 1. The molecule has 9 heteroatoms. The van der Waals surface area contributed by atoms with Gasteiger partial charge in [0.15, 0.2) is 0 Å². The van der Waals surface area contributed by atoms with Crippen molar-refractivity contribution in [3.8, 4) is 0 Å². The zero-order valence-electron chi connectivity index (χ0n) is 28.7. The molecule has 0 aromatic heterocycles. The van der Waals surface area contributed by atoms with Gasteiger partial charge < -0.3 is 29.4 Å². The molecule has 5 heterocycles. The van der Waals surface area contributed by atoms with Crippen LogP contribution >= 0.6 is 0 Å². The molecule has 0 radical (unpaired) electrons. The van der Waals surface area contributed by atoms with E-state index in [2.05, 4.69) is 41.7 Å². The van der Waals surface area contributed by atoms with Gasteiger partial charge in [-0.05, 0) is 42.4 Å². The number of hydrogen-bond donors (Lipinski definition) is 2. The van der Waals surface area contributed by atoms with Crippen molar-refractivity contribution in [2.75, 3.05) is 45.8 Å². The lowest BCUT2D eigenvalue weighted by Crippen LogP contribution is -2.57. The SMILES string of the molecule is O=C(NC[C@H]1CCC[N+]2(CC3OC3C2)C1)[C@H]1CCCN1C(=O)[C@@H]1C[C@@H](O)CN1C(=O)CC(c1ccccc1)(c1ccccc1)c1ccccc1. The Morgan fingerprint density at radius 2 is 1.38 bits per heavy atom. The highest BCUT2D eigenvalue weighted by Crippen LogP contribution is 2.43. The fourth-order valence-electron chi connectivity index (χ4n) is 9.77. The lowest BCUT2D eigenvalue weighted by molar-refractivity contribution is -0.930. The van der Waals surface area contributed by atoms with Crippen molar-refractivity contribution in [3.05, 3.63) is 108 Å². The lowest BCUT2D eigenvalue weighted by atomic mass is 9.67. The minimum absolute atomic E-state index is 0.0838. The van der Waals surface area contributed by atoms with E-state index in [0.29, 0.717) is 37.6 Å². The largest absolute Gasteiger partial charge is 0.391 e. The average Bonchev–Trinajstić information content (AvgIpc) is 3.48. The number of rotatable bonds is 9. The molecule has 8 rings (SSSR count). The van der Waals surface area contributed by atoms with Gasteiger partial charge in [0.2, 0.25) is 17.7 Å². The fraction of sp³-hybridized carbons (Fsp3) is 0.488. The number of amides is 3. The Hall–Kier alpha value is -4.05. The molecule has 50 heavy (non-hydrogen) atoms. The van der Waals surface area contributed by atoms with E-state index in [1.807, 2.05) is 54.6 Å². The maximum atomic E-state index is 14.6. The monoisotopic (exact) mass is 677 g/mol. The number of nitrogens with one attached hydrogen (secondary N) is 1. The van der Waals surface area contributed by atoms with E-state index < -0.39 is 23.6 Å². The maximum absolute atomic E-state index is 14.6. The number of fused-ring (bicyclic) bond motifs is 1. The number of piperidine rings is 1. The molecule has 6 atom stereocenters. The van der Waals surface area contributed by atoms with Gasteiger partial charge in [-0.2, -0.15) is 0 Å². The molecular formula is C41H49N4O5+. The van der Waals surface area contributed by atoms with Gasteiger partial charge >= 0.3 is 0 Å². The van der Waals surface area contributed by atoms with Crippen molar-refractivity contribution >= 4 is 17.7 Å². The van der Waals surface area contributed by atoms with Crippen LogP contribution in [0.25, 0.3) is 0 Å². The lowest BCUT2D eigenvalue weighted by Gasteiger charge is -2.42. The topological polar surface area (TPSA) is 102 Å². The number of aliphatic hydroxyl groups is 1. The summed E-state index contributed by atoms with van der Waals surface area (Å²) < 4.78 is 6.83. The molecule has 0 saturated carbocycles. The van der Waals surface area contributed by atoms with E-state index >= 15 is 0 Å². The summed E-state index contributed by atoms with van der Waals surface area (Å²) in [5.74, 6) is -0.118. The summed E-state index contributed by atoms with van der Waals surface area (Å²) >= 11 is 0. The Bertz CT molecular complexity index is 1580. The molecule has 262 valence electrons. The molecule has 9 nitrogen and oxygen atoms in total. The van der Waals surface area contributed by atoms with Gasteiger partial charge in [-0.1, -0.05) is 91.0 Å². The molecule has 3 aromatic rings. The second-order valence-electron chi connectivity index (χ2n) is 15.4. The predicted molar refractivity (Wildman–Crippen MR) is 189 cm³/mol.